The highest BCUT2D eigenvalue weighted by atomic mass is 14.8. The minimum atomic E-state index is -0.296. The van der Waals surface area contributed by atoms with Gasteiger partial charge in [0.25, 0.3) is 0 Å². The molecule has 2 aliphatic rings. The Hall–Kier alpha value is -5.08. The predicted octanol–water partition coefficient (Wildman–Crippen LogP) is 9.75. The third kappa shape index (κ3) is 3.87. The molecule has 2 heteroatoms. The van der Waals surface area contributed by atoms with Gasteiger partial charge in [0.15, 0.2) is 0 Å². The molecule has 2 aliphatic carbocycles. The van der Waals surface area contributed by atoms with E-state index in [2.05, 4.69) is 147 Å². The molecule has 0 saturated heterocycles. The summed E-state index contributed by atoms with van der Waals surface area (Å²) in [5.41, 5.74) is 13.9. The highest BCUT2D eigenvalue weighted by Gasteiger charge is 2.53. The van der Waals surface area contributed by atoms with Crippen molar-refractivity contribution in [1.82, 2.24) is 9.97 Å². The van der Waals surface area contributed by atoms with Crippen molar-refractivity contribution in [1.29, 1.82) is 0 Å². The SMILES string of the molecule is Cc1ccccc1C1(c2ccc(-c3cnc4c(-c5ccccc5)cccc4n3)cc2C)c2ccccc2[C@H]2C=CC=CC21. The van der Waals surface area contributed by atoms with Gasteiger partial charge in [0, 0.05) is 23.0 Å². The summed E-state index contributed by atoms with van der Waals surface area (Å²) in [5, 5.41) is 0. The summed E-state index contributed by atoms with van der Waals surface area (Å²) in [6.07, 6.45) is 11.2. The Kier molecular flexibility index (Phi) is 5.97. The van der Waals surface area contributed by atoms with Gasteiger partial charge in [-0.2, -0.15) is 0 Å². The zero-order chi connectivity index (χ0) is 29.0. The van der Waals surface area contributed by atoms with Crippen molar-refractivity contribution in [3.63, 3.8) is 0 Å². The fourth-order valence-corrected chi connectivity index (χ4v) is 7.75. The van der Waals surface area contributed by atoms with Crippen molar-refractivity contribution in [2.24, 2.45) is 5.92 Å². The van der Waals surface area contributed by atoms with Gasteiger partial charge in [-0.15, -0.1) is 0 Å². The Morgan fingerprint density at radius 1 is 0.605 bits per heavy atom. The number of hydrogen-bond donors (Lipinski definition) is 0. The van der Waals surface area contributed by atoms with E-state index in [1.165, 1.54) is 33.4 Å². The van der Waals surface area contributed by atoms with Crippen molar-refractivity contribution < 1.29 is 0 Å². The first-order valence-electron chi connectivity index (χ1n) is 15.1. The van der Waals surface area contributed by atoms with Crippen LogP contribution in [0.15, 0.2) is 146 Å². The van der Waals surface area contributed by atoms with Crippen LogP contribution in [0, 0.1) is 19.8 Å². The van der Waals surface area contributed by atoms with E-state index in [0.29, 0.717) is 5.92 Å². The summed E-state index contributed by atoms with van der Waals surface area (Å²) in [6, 6.07) is 41.6. The Bertz CT molecular complexity index is 2070. The highest BCUT2D eigenvalue weighted by molar-refractivity contribution is 5.92. The summed E-state index contributed by atoms with van der Waals surface area (Å²) in [7, 11) is 0. The molecule has 206 valence electrons. The van der Waals surface area contributed by atoms with E-state index in [1.54, 1.807) is 0 Å². The van der Waals surface area contributed by atoms with E-state index in [4.69, 9.17) is 9.97 Å². The van der Waals surface area contributed by atoms with E-state index in [0.717, 1.165) is 33.4 Å². The zero-order valence-electron chi connectivity index (χ0n) is 24.4. The molecule has 0 radical (unpaired) electrons. The molecule has 3 atom stereocenters. The minimum Gasteiger partial charge on any atom is -0.252 e. The minimum absolute atomic E-state index is 0.289. The van der Waals surface area contributed by atoms with Gasteiger partial charge >= 0.3 is 0 Å². The molecule has 2 unspecified atom stereocenters. The molecular weight excluding hydrogens is 520 g/mol. The van der Waals surface area contributed by atoms with Crippen LogP contribution in [0.25, 0.3) is 33.4 Å². The van der Waals surface area contributed by atoms with E-state index >= 15 is 0 Å². The van der Waals surface area contributed by atoms with E-state index in [1.807, 2.05) is 12.3 Å². The third-order valence-electron chi connectivity index (χ3n) is 9.55. The van der Waals surface area contributed by atoms with Crippen LogP contribution in [-0.2, 0) is 5.41 Å². The van der Waals surface area contributed by atoms with Crippen LogP contribution in [0.2, 0.25) is 0 Å². The first kappa shape index (κ1) is 25.6. The fraction of sp³-hybridized carbons (Fsp3) is 0.122. The lowest BCUT2D eigenvalue weighted by atomic mass is 9.61. The second kappa shape index (κ2) is 10.0. The first-order valence-corrected chi connectivity index (χ1v) is 15.1. The normalized spacial score (nSPS) is 20.2. The van der Waals surface area contributed by atoms with Crippen LogP contribution >= 0.6 is 0 Å². The van der Waals surface area contributed by atoms with E-state index in [9.17, 15) is 0 Å². The van der Waals surface area contributed by atoms with Crippen LogP contribution in [0.1, 0.15) is 39.3 Å². The number of fused-ring (bicyclic) bond motifs is 4. The molecule has 0 bridgehead atoms. The lowest BCUT2D eigenvalue weighted by Crippen LogP contribution is -2.36. The molecule has 43 heavy (non-hydrogen) atoms. The number of aromatic nitrogens is 2. The summed E-state index contributed by atoms with van der Waals surface area (Å²) < 4.78 is 0. The smallest absolute Gasteiger partial charge is 0.0965 e. The van der Waals surface area contributed by atoms with Crippen LogP contribution in [0.3, 0.4) is 0 Å². The van der Waals surface area contributed by atoms with Gasteiger partial charge in [0.05, 0.1) is 28.3 Å². The van der Waals surface area contributed by atoms with E-state index in [-0.39, 0.29) is 11.3 Å². The molecule has 2 nitrogen and oxygen atoms in total. The third-order valence-corrected chi connectivity index (χ3v) is 9.55. The van der Waals surface area contributed by atoms with Crippen molar-refractivity contribution in [3.05, 3.63) is 179 Å². The average Bonchev–Trinajstić information content (AvgIpc) is 3.35. The quantitative estimate of drug-likeness (QED) is 0.218. The topological polar surface area (TPSA) is 25.8 Å². The maximum atomic E-state index is 5.11. The van der Waals surface area contributed by atoms with Crippen LogP contribution in [0.5, 0.6) is 0 Å². The Morgan fingerprint density at radius 3 is 2.19 bits per heavy atom. The molecule has 6 aromatic rings. The summed E-state index contributed by atoms with van der Waals surface area (Å²) in [6.45, 7) is 4.52. The number of benzene rings is 5. The number of para-hydroxylation sites is 1. The van der Waals surface area contributed by atoms with Gasteiger partial charge in [0.1, 0.15) is 0 Å². The predicted molar refractivity (Wildman–Crippen MR) is 177 cm³/mol. The average molecular weight is 553 g/mol. The molecule has 0 spiro atoms. The Labute approximate surface area is 253 Å². The maximum Gasteiger partial charge on any atom is 0.0965 e. The number of aryl methyl sites for hydroxylation is 2. The molecule has 0 aliphatic heterocycles. The van der Waals surface area contributed by atoms with Crippen molar-refractivity contribution in [3.8, 4) is 22.4 Å². The number of hydrogen-bond acceptors (Lipinski definition) is 2. The number of allylic oxidation sites excluding steroid dienone is 4. The van der Waals surface area contributed by atoms with Crippen LogP contribution in [-0.4, -0.2) is 9.97 Å². The largest absolute Gasteiger partial charge is 0.252 e. The van der Waals surface area contributed by atoms with Crippen molar-refractivity contribution in [2.45, 2.75) is 25.2 Å². The van der Waals surface area contributed by atoms with Gasteiger partial charge in [0.2, 0.25) is 0 Å². The Balaban J connectivity index is 1.30. The summed E-state index contributed by atoms with van der Waals surface area (Å²) >= 11 is 0. The summed E-state index contributed by atoms with van der Waals surface area (Å²) in [4.78, 5) is 10.0. The molecule has 0 fully saturated rings. The molecule has 0 N–H and O–H groups in total. The fourth-order valence-electron chi connectivity index (χ4n) is 7.75. The number of rotatable bonds is 4. The molecule has 0 saturated carbocycles. The van der Waals surface area contributed by atoms with Gasteiger partial charge in [-0.05, 0) is 64.9 Å². The highest BCUT2D eigenvalue weighted by Crippen LogP contribution is 2.60. The lowest BCUT2D eigenvalue weighted by Gasteiger charge is -2.40. The van der Waals surface area contributed by atoms with Crippen LogP contribution < -0.4 is 0 Å². The van der Waals surface area contributed by atoms with Gasteiger partial charge in [-0.25, -0.2) is 4.98 Å². The first-order chi connectivity index (χ1) is 21.2. The lowest BCUT2D eigenvalue weighted by molar-refractivity contribution is 0.453. The summed E-state index contributed by atoms with van der Waals surface area (Å²) in [5.74, 6) is 0.627. The van der Waals surface area contributed by atoms with Crippen LogP contribution in [0.4, 0.5) is 0 Å². The van der Waals surface area contributed by atoms with Gasteiger partial charge < -0.3 is 0 Å². The Morgan fingerprint density at radius 2 is 1.35 bits per heavy atom. The molecular formula is C41H32N2. The number of nitrogens with zero attached hydrogens (tertiary/aromatic N) is 2. The zero-order valence-corrected chi connectivity index (χ0v) is 24.4. The van der Waals surface area contributed by atoms with Crippen molar-refractivity contribution in [2.75, 3.05) is 0 Å². The van der Waals surface area contributed by atoms with Crippen molar-refractivity contribution >= 4 is 11.0 Å². The maximum absolute atomic E-state index is 5.11. The molecule has 1 heterocycles. The van der Waals surface area contributed by atoms with Gasteiger partial charge in [-0.1, -0.05) is 127 Å². The monoisotopic (exact) mass is 552 g/mol. The molecule has 0 amide bonds. The molecule has 5 aromatic carbocycles. The van der Waals surface area contributed by atoms with Gasteiger partial charge in [-0.3, -0.25) is 4.98 Å². The second-order valence-electron chi connectivity index (χ2n) is 11.9. The second-order valence-corrected chi connectivity index (χ2v) is 11.9. The standard InChI is InChI=1S/C41H32N2/c1-27-13-6-9-19-34(27)41(36-20-10-7-16-32(36)33-17-8-11-21-37(33)41)35-24-23-30(25-28(35)2)39-26-42-40-31(18-12-22-38(40)43-39)29-14-4-3-5-15-29/h3-26,32,36H,1-2H3/t32-,36?,41?/m1/s1. The molecule has 8 rings (SSSR count). The van der Waals surface area contributed by atoms with E-state index < -0.39 is 0 Å². The molecule has 1 aromatic heterocycles.